The lowest BCUT2D eigenvalue weighted by atomic mass is 10.2. The van der Waals surface area contributed by atoms with Crippen molar-refractivity contribution in [1.29, 1.82) is 0 Å². The molecule has 0 bridgehead atoms. The molecule has 0 unspecified atom stereocenters. The Bertz CT molecular complexity index is 509. The van der Waals surface area contributed by atoms with E-state index in [9.17, 15) is 4.79 Å². The summed E-state index contributed by atoms with van der Waals surface area (Å²) in [7, 11) is 0. The predicted molar refractivity (Wildman–Crippen MR) is 64.0 cm³/mol. The lowest BCUT2D eigenvalue weighted by molar-refractivity contribution is -0.149. The fourth-order valence-electron chi connectivity index (χ4n) is 1.38. The quantitative estimate of drug-likeness (QED) is 0.772. The number of esters is 1. The number of thiazole rings is 1. The number of hydrogen-bond acceptors (Lipinski definition) is 7. The topological polar surface area (TPSA) is 78.1 Å². The molecule has 0 aromatic carbocycles. The summed E-state index contributed by atoms with van der Waals surface area (Å²) in [6.07, 6.45) is 0.355. The summed E-state index contributed by atoms with van der Waals surface area (Å²) in [5.41, 5.74) is 2.64. The highest BCUT2D eigenvalue weighted by molar-refractivity contribution is 7.07. The second-order valence-corrected chi connectivity index (χ2v) is 4.51. The molecule has 0 saturated heterocycles. The van der Waals surface area contributed by atoms with Crippen LogP contribution in [0.5, 0.6) is 0 Å². The maximum Gasteiger partial charge on any atom is 0.306 e. The first-order valence-electron chi connectivity index (χ1n) is 5.52. The van der Waals surface area contributed by atoms with Crippen LogP contribution < -0.4 is 0 Å². The minimum Gasteiger partial charge on any atom is -0.453 e. The summed E-state index contributed by atoms with van der Waals surface area (Å²) in [6.45, 7) is 3.41. The third-order valence-corrected chi connectivity index (χ3v) is 2.90. The van der Waals surface area contributed by atoms with E-state index in [4.69, 9.17) is 9.26 Å². The van der Waals surface area contributed by atoms with Crippen LogP contribution in [0.4, 0.5) is 0 Å². The van der Waals surface area contributed by atoms with Crippen molar-refractivity contribution < 1.29 is 14.1 Å². The van der Waals surface area contributed by atoms with Crippen molar-refractivity contribution in [2.24, 2.45) is 0 Å². The Kier molecular flexibility index (Phi) is 4.03. The number of aromatic nitrogens is 3. The Morgan fingerprint density at radius 3 is 3.06 bits per heavy atom. The highest BCUT2D eigenvalue weighted by Crippen LogP contribution is 2.15. The lowest BCUT2D eigenvalue weighted by Crippen LogP contribution is -2.10. The van der Waals surface area contributed by atoms with E-state index < -0.39 is 6.10 Å². The molecule has 18 heavy (non-hydrogen) atoms. The molecule has 7 heteroatoms. The van der Waals surface area contributed by atoms with Crippen LogP contribution in [-0.4, -0.2) is 21.1 Å². The fraction of sp³-hybridized carbons (Fsp3) is 0.455. The standard InChI is InChI=1S/C11H13N3O3S/c1-7(11-13-8(2)14-17-11)16-10(15)4-3-9-5-18-6-12-9/h5-7H,3-4H2,1-2H3/t7-/m1/s1. The van der Waals surface area contributed by atoms with Crippen LogP contribution in [0.1, 0.15) is 36.9 Å². The number of carbonyl (C=O) groups is 1. The average Bonchev–Trinajstić information content (AvgIpc) is 2.97. The first-order valence-corrected chi connectivity index (χ1v) is 6.46. The van der Waals surface area contributed by atoms with Gasteiger partial charge in [-0.15, -0.1) is 11.3 Å². The Balaban J connectivity index is 1.80. The number of nitrogens with zero attached hydrogens (tertiary/aromatic N) is 3. The van der Waals surface area contributed by atoms with Gasteiger partial charge in [0.2, 0.25) is 0 Å². The van der Waals surface area contributed by atoms with Crippen molar-refractivity contribution in [3.05, 3.63) is 28.3 Å². The van der Waals surface area contributed by atoms with Crippen LogP contribution in [0.25, 0.3) is 0 Å². The maximum atomic E-state index is 11.6. The predicted octanol–water partition coefficient (Wildman–Crippen LogP) is 2.07. The molecule has 1 atom stereocenters. The smallest absolute Gasteiger partial charge is 0.306 e. The molecular weight excluding hydrogens is 254 g/mol. The highest BCUT2D eigenvalue weighted by Gasteiger charge is 2.17. The van der Waals surface area contributed by atoms with Crippen molar-refractivity contribution in [3.8, 4) is 0 Å². The van der Waals surface area contributed by atoms with Crippen molar-refractivity contribution in [2.45, 2.75) is 32.8 Å². The molecule has 0 amide bonds. The van der Waals surface area contributed by atoms with Crippen LogP contribution in [0.3, 0.4) is 0 Å². The summed E-state index contributed by atoms with van der Waals surface area (Å²) >= 11 is 1.51. The summed E-state index contributed by atoms with van der Waals surface area (Å²) in [4.78, 5) is 19.7. The molecule has 0 fully saturated rings. The Morgan fingerprint density at radius 1 is 1.61 bits per heavy atom. The van der Waals surface area contributed by atoms with E-state index in [2.05, 4.69) is 15.1 Å². The van der Waals surface area contributed by atoms with Crippen LogP contribution in [0.15, 0.2) is 15.4 Å². The SMILES string of the molecule is Cc1noc([C@@H](C)OC(=O)CCc2cscn2)n1. The molecule has 0 aliphatic heterocycles. The second kappa shape index (κ2) is 5.72. The number of carbonyl (C=O) groups excluding carboxylic acids is 1. The van der Waals surface area contributed by atoms with Gasteiger partial charge < -0.3 is 9.26 Å². The van der Waals surface area contributed by atoms with Crippen LogP contribution in [-0.2, 0) is 16.0 Å². The normalized spacial score (nSPS) is 12.3. The molecule has 0 spiro atoms. The zero-order chi connectivity index (χ0) is 13.0. The molecule has 96 valence electrons. The van der Waals surface area contributed by atoms with Gasteiger partial charge in [0.15, 0.2) is 11.9 Å². The van der Waals surface area contributed by atoms with Gasteiger partial charge in [-0.1, -0.05) is 5.16 Å². The second-order valence-electron chi connectivity index (χ2n) is 3.79. The van der Waals surface area contributed by atoms with Crippen LogP contribution in [0.2, 0.25) is 0 Å². The van der Waals surface area contributed by atoms with Gasteiger partial charge in [0.1, 0.15) is 0 Å². The molecule has 2 rings (SSSR count). The van der Waals surface area contributed by atoms with Crippen LogP contribution >= 0.6 is 11.3 Å². The zero-order valence-corrected chi connectivity index (χ0v) is 10.9. The van der Waals surface area contributed by atoms with E-state index in [1.807, 2.05) is 5.38 Å². The summed E-state index contributed by atoms with van der Waals surface area (Å²) < 4.78 is 10.1. The molecule has 0 aliphatic rings. The molecule has 2 aromatic heterocycles. The van der Waals surface area contributed by atoms with E-state index in [1.54, 1.807) is 19.4 Å². The third kappa shape index (κ3) is 3.36. The van der Waals surface area contributed by atoms with Gasteiger partial charge in [-0.3, -0.25) is 4.79 Å². The average molecular weight is 267 g/mol. The Hall–Kier alpha value is -1.76. The zero-order valence-electron chi connectivity index (χ0n) is 10.1. The van der Waals surface area contributed by atoms with Gasteiger partial charge in [-0.2, -0.15) is 4.98 Å². The number of rotatable bonds is 5. The van der Waals surface area contributed by atoms with Crippen molar-refractivity contribution in [2.75, 3.05) is 0 Å². The van der Waals surface area contributed by atoms with Crippen molar-refractivity contribution >= 4 is 17.3 Å². The van der Waals surface area contributed by atoms with Gasteiger partial charge in [-0.25, -0.2) is 4.98 Å². The minimum atomic E-state index is -0.519. The maximum absolute atomic E-state index is 11.6. The molecular formula is C11H13N3O3S. The van der Waals surface area contributed by atoms with Gasteiger partial charge in [0.25, 0.3) is 5.89 Å². The van der Waals surface area contributed by atoms with E-state index in [-0.39, 0.29) is 5.97 Å². The summed E-state index contributed by atoms with van der Waals surface area (Å²) in [5, 5.41) is 5.56. The van der Waals surface area contributed by atoms with Gasteiger partial charge in [0, 0.05) is 11.8 Å². The fourth-order valence-corrected chi connectivity index (χ4v) is 1.97. The van der Waals surface area contributed by atoms with E-state index >= 15 is 0 Å². The lowest BCUT2D eigenvalue weighted by Gasteiger charge is -2.08. The van der Waals surface area contributed by atoms with E-state index in [0.717, 1.165) is 5.69 Å². The van der Waals surface area contributed by atoms with Gasteiger partial charge in [-0.05, 0) is 13.8 Å². The Labute approximate surface area is 108 Å². The molecule has 0 aliphatic carbocycles. The first-order chi connectivity index (χ1) is 8.65. The van der Waals surface area contributed by atoms with Crippen LogP contribution in [0, 0.1) is 6.92 Å². The van der Waals surface area contributed by atoms with E-state index in [1.165, 1.54) is 11.3 Å². The molecule has 2 heterocycles. The Morgan fingerprint density at radius 2 is 2.44 bits per heavy atom. The number of hydrogen-bond donors (Lipinski definition) is 0. The number of ether oxygens (including phenoxy) is 1. The first kappa shape index (κ1) is 12.7. The summed E-state index contributed by atoms with van der Waals surface area (Å²) in [5.74, 6) is 0.538. The molecule has 6 nitrogen and oxygen atoms in total. The minimum absolute atomic E-state index is 0.293. The van der Waals surface area contributed by atoms with Gasteiger partial charge in [0.05, 0.1) is 17.6 Å². The molecule has 2 aromatic rings. The van der Waals surface area contributed by atoms with Crippen molar-refractivity contribution in [1.82, 2.24) is 15.1 Å². The monoisotopic (exact) mass is 267 g/mol. The molecule has 0 saturated carbocycles. The van der Waals surface area contributed by atoms with Crippen molar-refractivity contribution in [3.63, 3.8) is 0 Å². The molecule has 0 radical (unpaired) electrons. The largest absolute Gasteiger partial charge is 0.453 e. The number of aryl methyl sites for hydroxylation is 2. The van der Waals surface area contributed by atoms with Gasteiger partial charge >= 0.3 is 5.97 Å². The van der Waals surface area contributed by atoms with E-state index in [0.29, 0.717) is 24.6 Å². The summed E-state index contributed by atoms with van der Waals surface area (Å²) in [6, 6.07) is 0. The highest BCUT2D eigenvalue weighted by atomic mass is 32.1. The third-order valence-electron chi connectivity index (χ3n) is 2.27. The molecule has 0 N–H and O–H groups in total.